The summed E-state index contributed by atoms with van der Waals surface area (Å²) >= 11 is 1.62. The molecule has 3 rings (SSSR count). The van der Waals surface area contributed by atoms with Gasteiger partial charge in [0.1, 0.15) is 5.69 Å². The number of nitrogens with one attached hydrogen (secondary N) is 1. The van der Waals surface area contributed by atoms with Gasteiger partial charge in [-0.05, 0) is 47.5 Å². The molecule has 1 unspecified atom stereocenters. The van der Waals surface area contributed by atoms with Gasteiger partial charge >= 0.3 is 0 Å². The van der Waals surface area contributed by atoms with Gasteiger partial charge in [-0.25, -0.2) is 4.98 Å². The molecule has 3 aromatic heterocycles. The molecular weight excluding hydrogens is 270 g/mol. The predicted octanol–water partition coefficient (Wildman–Crippen LogP) is 3.18. The van der Waals surface area contributed by atoms with E-state index < -0.39 is 0 Å². The van der Waals surface area contributed by atoms with Crippen molar-refractivity contribution < 1.29 is 4.79 Å². The Morgan fingerprint density at radius 1 is 1.30 bits per heavy atom. The first-order chi connectivity index (χ1) is 9.74. The molecule has 20 heavy (non-hydrogen) atoms. The molecule has 0 aliphatic rings. The summed E-state index contributed by atoms with van der Waals surface area (Å²) in [6.07, 6.45) is 3.41. The molecule has 0 aliphatic carbocycles. The highest BCUT2D eigenvalue weighted by atomic mass is 32.1. The van der Waals surface area contributed by atoms with Gasteiger partial charge in [-0.1, -0.05) is 0 Å². The Morgan fingerprint density at radius 3 is 3.00 bits per heavy atom. The second-order valence-electron chi connectivity index (χ2n) is 4.52. The summed E-state index contributed by atoms with van der Waals surface area (Å²) in [7, 11) is 0. The van der Waals surface area contributed by atoms with E-state index >= 15 is 0 Å². The number of pyridine rings is 2. The van der Waals surface area contributed by atoms with Gasteiger partial charge in [-0.15, -0.1) is 0 Å². The summed E-state index contributed by atoms with van der Waals surface area (Å²) in [5.74, 6) is -0.164. The first-order valence-corrected chi connectivity index (χ1v) is 7.22. The largest absolute Gasteiger partial charge is 0.344 e. The fraction of sp³-hybridized carbons (Fsp3) is 0.133. The van der Waals surface area contributed by atoms with Crippen molar-refractivity contribution in [3.63, 3.8) is 0 Å². The summed E-state index contributed by atoms with van der Waals surface area (Å²) in [4.78, 5) is 20.6. The van der Waals surface area contributed by atoms with E-state index in [1.165, 1.54) is 0 Å². The molecule has 0 fully saturated rings. The van der Waals surface area contributed by atoms with E-state index in [9.17, 15) is 4.79 Å². The van der Waals surface area contributed by atoms with Gasteiger partial charge in [-0.3, -0.25) is 9.78 Å². The minimum Gasteiger partial charge on any atom is -0.344 e. The maximum Gasteiger partial charge on any atom is 0.270 e. The third kappa shape index (κ3) is 2.53. The maximum atomic E-state index is 12.2. The molecule has 0 saturated heterocycles. The van der Waals surface area contributed by atoms with Gasteiger partial charge < -0.3 is 5.32 Å². The lowest BCUT2D eigenvalue weighted by molar-refractivity contribution is 0.0935. The Hall–Kier alpha value is -2.27. The number of nitrogens with zero attached hydrogens (tertiary/aromatic N) is 2. The van der Waals surface area contributed by atoms with Crippen molar-refractivity contribution in [3.05, 3.63) is 58.7 Å². The third-order valence-electron chi connectivity index (χ3n) is 3.11. The molecule has 4 nitrogen and oxygen atoms in total. The van der Waals surface area contributed by atoms with Crippen LogP contribution in [0.4, 0.5) is 0 Å². The minimum atomic E-state index is -0.164. The van der Waals surface area contributed by atoms with Crippen LogP contribution in [0.5, 0.6) is 0 Å². The SMILES string of the molecule is CC(NC(=O)c1ccc2cnccc2n1)c1ccsc1. The lowest BCUT2D eigenvalue weighted by atomic mass is 10.1. The highest BCUT2D eigenvalue weighted by Crippen LogP contribution is 2.16. The Bertz CT molecular complexity index is 740. The van der Waals surface area contributed by atoms with Crippen LogP contribution >= 0.6 is 11.3 Å². The molecule has 0 aromatic carbocycles. The molecule has 5 heteroatoms. The first kappa shape index (κ1) is 12.7. The number of thiophene rings is 1. The molecule has 1 amide bonds. The summed E-state index contributed by atoms with van der Waals surface area (Å²) in [5.41, 5.74) is 2.30. The van der Waals surface area contributed by atoms with Gasteiger partial charge in [0, 0.05) is 17.8 Å². The Morgan fingerprint density at radius 2 is 2.20 bits per heavy atom. The normalized spacial score (nSPS) is 12.2. The van der Waals surface area contributed by atoms with Crippen molar-refractivity contribution >= 4 is 28.1 Å². The van der Waals surface area contributed by atoms with Gasteiger partial charge in [0.05, 0.1) is 11.6 Å². The smallest absolute Gasteiger partial charge is 0.270 e. The number of carbonyl (C=O) groups excluding carboxylic acids is 1. The van der Waals surface area contributed by atoms with Gasteiger partial charge in [-0.2, -0.15) is 11.3 Å². The summed E-state index contributed by atoms with van der Waals surface area (Å²) in [5, 5.41) is 7.91. The number of fused-ring (bicyclic) bond motifs is 1. The Kier molecular flexibility index (Phi) is 3.43. The summed E-state index contributed by atoms with van der Waals surface area (Å²) in [6, 6.07) is 7.37. The van der Waals surface area contributed by atoms with Crippen molar-refractivity contribution in [2.75, 3.05) is 0 Å². The Balaban J connectivity index is 1.82. The highest BCUT2D eigenvalue weighted by Gasteiger charge is 2.13. The lowest BCUT2D eigenvalue weighted by Crippen LogP contribution is -2.27. The lowest BCUT2D eigenvalue weighted by Gasteiger charge is -2.12. The molecule has 1 atom stereocenters. The second-order valence-corrected chi connectivity index (χ2v) is 5.30. The predicted molar refractivity (Wildman–Crippen MR) is 79.7 cm³/mol. The molecule has 0 aliphatic heterocycles. The zero-order valence-electron chi connectivity index (χ0n) is 10.9. The van der Waals surface area contributed by atoms with Crippen LogP contribution in [0.3, 0.4) is 0 Å². The van der Waals surface area contributed by atoms with Gasteiger partial charge in [0.2, 0.25) is 0 Å². The van der Waals surface area contributed by atoms with E-state index in [4.69, 9.17) is 0 Å². The number of rotatable bonds is 3. The van der Waals surface area contributed by atoms with Crippen molar-refractivity contribution in [2.24, 2.45) is 0 Å². The van der Waals surface area contributed by atoms with Crippen LogP contribution < -0.4 is 5.32 Å². The summed E-state index contributed by atoms with van der Waals surface area (Å²) < 4.78 is 0. The van der Waals surface area contributed by atoms with Crippen LogP contribution in [-0.2, 0) is 0 Å². The van der Waals surface area contributed by atoms with E-state index in [0.717, 1.165) is 16.5 Å². The average molecular weight is 283 g/mol. The monoisotopic (exact) mass is 283 g/mol. The molecule has 0 radical (unpaired) electrons. The Labute approximate surface area is 120 Å². The quantitative estimate of drug-likeness (QED) is 0.803. The van der Waals surface area contributed by atoms with Crippen LogP contribution in [0.2, 0.25) is 0 Å². The van der Waals surface area contributed by atoms with E-state index in [2.05, 4.69) is 15.3 Å². The maximum absolute atomic E-state index is 12.2. The summed E-state index contributed by atoms with van der Waals surface area (Å²) in [6.45, 7) is 1.96. The number of hydrogen-bond donors (Lipinski definition) is 1. The molecule has 3 aromatic rings. The fourth-order valence-corrected chi connectivity index (χ4v) is 2.72. The molecular formula is C15H13N3OS. The zero-order chi connectivity index (χ0) is 13.9. The van der Waals surface area contributed by atoms with Gasteiger partial charge in [0.25, 0.3) is 5.91 Å². The second kappa shape index (κ2) is 5.38. The number of aromatic nitrogens is 2. The van der Waals surface area contributed by atoms with Crippen molar-refractivity contribution in [3.8, 4) is 0 Å². The van der Waals surface area contributed by atoms with E-state index in [-0.39, 0.29) is 11.9 Å². The average Bonchev–Trinajstić information content (AvgIpc) is 3.01. The highest BCUT2D eigenvalue weighted by molar-refractivity contribution is 7.07. The molecule has 1 N–H and O–H groups in total. The zero-order valence-corrected chi connectivity index (χ0v) is 11.7. The van der Waals surface area contributed by atoms with E-state index in [0.29, 0.717) is 5.69 Å². The van der Waals surface area contributed by atoms with Crippen LogP contribution in [0, 0.1) is 0 Å². The van der Waals surface area contributed by atoms with E-state index in [1.807, 2.05) is 29.8 Å². The number of amides is 1. The van der Waals surface area contributed by atoms with Crippen LogP contribution in [-0.4, -0.2) is 15.9 Å². The standard InChI is InChI=1S/C15H13N3OS/c1-10(12-5-7-20-9-12)17-15(19)14-3-2-11-8-16-6-4-13(11)18-14/h2-10H,1H3,(H,17,19). The van der Waals surface area contributed by atoms with Gasteiger partial charge in [0.15, 0.2) is 0 Å². The van der Waals surface area contributed by atoms with Crippen LogP contribution in [0.1, 0.15) is 29.0 Å². The first-order valence-electron chi connectivity index (χ1n) is 6.28. The molecule has 0 spiro atoms. The molecule has 100 valence electrons. The molecule has 0 bridgehead atoms. The van der Waals surface area contributed by atoms with Crippen LogP contribution in [0.25, 0.3) is 10.9 Å². The molecule has 3 heterocycles. The van der Waals surface area contributed by atoms with Crippen molar-refractivity contribution in [1.82, 2.24) is 15.3 Å². The number of carbonyl (C=O) groups is 1. The fourth-order valence-electron chi connectivity index (χ4n) is 1.97. The topological polar surface area (TPSA) is 54.9 Å². The van der Waals surface area contributed by atoms with E-state index in [1.54, 1.807) is 35.9 Å². The van der Waals surface area contributed by atoms with Crippen molar-refractivity contribution in [2.45, 2.75) is 13.0 Å². The van der Waals surface area contributed by atoms with Crippen molar-refractivity contribution in [1.29, 1.82) is 0 Å². The number of hydrogen-bond acceptors (Lipinski definition) is 4. The minimum absolute atomic E-state index is 0.0244. The van der Waals surface area contributed by atoms with Crippen LogP contribution in [0.15, 0.2) is 47.4 Å². The molecule has 0 saturated carbocycles. The third-order valence-corrected chi connectivity index (χ3v) is 3.81.